The van der Waals surface area contributed by atoms with Crippen LogP contribution in [0.3, 0.4) is 0 Å². The molecule has 1 aromatic heterocycles. The zero-order chi connectivity index (χ0) is 17.0. The highest BCUT2D eigenvalue weighted by molar-refractivity contribution is 5.80. The van der Waals surface area contributed by atoms with Crippen molar-refractivity contribution in [2.45, 2.75) is 45.6 Å². The van der Waals surface area contributed by atoms with Crippen molar-refractivity contribution in [3.8, 4) is 0 Å². The Labute approximate surface area is 138 Å². The van der Waals surface area contributed by atoms with Crippen LogP contribution in [0.5, 0.6) is 0 Å². The number of aromatic nitrogens is 2. The number of likely N-dealkylation sites (tertiary alicyclic amines) is 1. The standard InChI is InChI=1S/C17H28N4O2/c1-5-15-18-8-11-21(15)13(2)17(23)20-9-6-14(7-10-20)12-16(22)19(3)4/h8,11,13-14H,5-7,9-10,12H2,1-4H3. The fourth-order valence-electron chi connectivity index (χ4n) is 3.14. The number of aryl methyl sites for hydroxylation is 1. The predicted octanol–water partition coefficient (Wildman–Crippen LogP) is 1.72. The van der Waals surface area contributed by atoms with Crippen molar-refractivity contribution in [2.24, 2.45) is 5.92 Å². The van der Waals surface area contributed by atoms with Crippen molar-refractivity contribution < 1.29 is 9.59 Å². The van der Waals surface area contributed by atoms with E-state index < -0.39 is 0 Å². The lowest BCUT2D eigenvalue weighted by Crippen LogP contribution is -2.42. The van der Waals surface area contributed by atoms with Gasteiger partial charge in [-0.05, 0) is 25.7 Å². The minimum absolute atomic E-state index is 0.148. The summed E-state index contributed by atoms with van der Waals surface area (Å²) in [5, 5.41) is 0. The largest absolute Gasteiger partial charge is 0.349 e. The van der Waals surface area contributed by atoms with Crippen LogP contribution in [-0.2, 0) is 16.0 Å². The normalized spacial score (nSPS) is 17.1. The molecule has 2 rings (SSSR count). The first-order chi connectivity index (χ1) is 10.9. The zero-order valence-electron chi connectivity index (χ0n) is 14.7. The summed E-state index contributed by atoms with van der Waals surface area (Å²) in [5.41, 5.74) is 0. The number of nitrogens with zero attached hydrogens (tertiary/aromatic N) is 4. The number of rotatable bonds is 5. The summed E-state index contributed by atoms with van der Waals surface area (Å²) in [6.07, 6.45) is 6.85. The molecule has 6 heteroatoms. The third-order valence-corrected chi connectivity index (χ3v) is 4.73. The first kappa shape index (κ1) is 17.5. The molecule has 1 atom stereocenters. The molecule has 0 spiro atoms. The van der Waals surface area contributed by atoms with E-state index >= 15 is 0 Å². The summed E-state index contributed by atoms with van der Waals surface area (Å²) in [6.45, 7) is 5.46. The van der Waals surface area contributed by atoms with Gasteiger partial charge in [0.05, 0.1) is 0 Å². The molecule has 0 N–H and O–H groups in total. The summed E-state index contributed by atoms with van der Waals surface area (Å²) in [6, 6.07) is -0.215. The molecule has 0 saturated carbocycles. The first-order valence-corrected chi connectivity index (χ1v) is 8.44. The van der Waals surface area contributed by atoms with Gasteiger partial charge < -0.3 is 14.4 Å². The van der Waals surface area contributed by atoms with E-state index in [4.69, 9.17) is 0 Å². The quantitative estimate of drug-likeness (QED) is 0.830. The summed E-state index contributed by atoms with van der Waals surface area (Å²) in [7, 11) is 3.58. The number of piperidine rings is 1. The maximum atomic E-state index is 12.7. The number of imidazole rings is 1. The van der Waals surface area contributed by atoms with E-state index in [1.807, 2.05) is 29.5 Å². The molecule has 1 unspecified atom stereocenters. The molecule has 1 aliphatic rings. The van der Waals surface area contributed by atoms with Crippen LogP contribution < -0.4 is 0 Å². The molecule has 1 aromatic rings. The van der Waals surface area contributed by atoms with Crippen molar-refractivity contribution in [1.29, 1.82) is 0 Å². The average Bonchev–Trinajstić information content (AvgIpc) is 3.02. The van der Waals surface area contributed by atoms with Gasteiger partial charge in [-0.25, -0.2) is 4.98 Å². The van der Waals surface area contributed by atoms with Crippen molar-refractivity contribution in [3.05, 3.63) is 18.2 Å². The maximum Gasteiger partial charge on any atom is 0.245 e. The van der Waals surface area contributed by atoms with Crippen molar-refractivity contribution in [1.82, 2.24) is 19.4 Å². The second-order valence-corrected chi connectivity index (χ2v) is 6.54. The highest BCUT2D eigenvalue weighted by Crippen LogP contribution is 2.23. The van der Waals surface area contributed by atoms with Crippen LogP contribution in [0.1, 0.15) is 45.0 Å². The Morgan fingerprint density at radius 1 is 1.35 bits per heavy atom. The van der Waals surface area contributed by atoms with Gasteiger partial charge in [0.15, 0.2) is 0 Å². The monoisotopic (exact) mass is 320 g/mol. The minimum Gasteiger partial charge on any atom is -0.349 e. The molecule has 128 valence electrons. The third kappa shape index (κ3) is 4.12. The molecule has 0 aliphatic carbocycles. The van der Waals surface area contributed by atoms with Gasteiger partial charge in [-0.3, -0.25) is 9.59 Å². The van der Waals surface area contributed by atoms with E-state index in [0.717, 1.165) is 38.2 Å². The topological polar surface area (TPSA) is 58.4 Å². The van der Waals surface area contributed by atoms with Gasteiger partial charge in [-0.15, -0.1) is 0 Å². The SMILES string of the molecule is CCc1nccn1C(C)C(=O)N1CCC(CC(=O)N(C)C)CC1. The van der Waals surface area contributed by atoms with E-state index in [9.17, 15) is 9.59 Å². The van der Waals surface area contributed by atoms with Gasteiger partial charge in [0.25, 0.3) is 0 Å². The summed E-state index contributed by atoms with van der Waals surface area (Å²) < 4.78 is 1.96. The Morgan fingerprint density at radius 3 is 2.57 bits per heavy atom. The zero-order valence-corrected chi connectivity index (χ0v) is 14.7. The van der Waals surface area contributed by atoms with Gasteiger partial charge in [-0.1, -0.05) is 6.92 Å². The van der Waals surface area contributed by atoms with Crippen LogP contribution in [0.25, 0.3) is 0 Å². The lowest BCUT2D eigenvalue weighted by Gasteiger charge is -2.34. The van der Waals surface area contributed by atoms with Crippen LogP contribution >= 0.6 is 0 Å². The fraction of sp³-hybridized carbons (Fsp3) is 0.706. The third-order valence-electron chi connectivity index (χ3n) is 4.73. The summed E-state index contributed by atoms with van der Waals surface area (Å²) in [4.78, 5) is 32.4. The Bertz CT molecular complexity index is 545. The van der Waals surface area contributed by atoms with Crippen molar-refractivity contribution in [2.75, 3.05) is 27.2 Å². The molecule has 0 aromatic carbocycles. The molecule has 0 bridgehead atoms. The first-order valence-electron chi connectivity index (χ1n) is 8.44. The van der Waals surface area contributed by atoms with Crippen molar-refractivity contribution >= 4 is 11.8 Å². The van der Waals surface area contributed by atoms with E-state index in [2.05, 4.69) is 4.98 Å². The van der Waals surface area contributed by atoms with Crippen LogP contribution in [0.4, 0.5) is 0 Å². The van der Waals surface area contributed by atoms with Crippen LogP contribution in [0.2, 0.25) is 0 Å². The highest BCUT2D eigenvalue weighted by Gasteiger charge is 2.28. The van der Waals surface area contributed by atoms with Gasteiger partial charge in [0.2, 0.25) is 11.8 Å². The van der Waals surface area contributed by atoms with Crippen LogP contribution in [0.15, 0.2) is 12.4 Å². The summed E-state index contributed by atoms with van der Waals surface area (Å²) in [5.74, 6) is 1.66. The molecule has 6 nitrogen and oxygen atoms in total. The Kier molecular flexibility index (Phi) is 5.80. The van der Waals surface area contributed by atoms with Crippen molar-refractivity contribution in [3.63, 3.8) is 0 Å². The summed E-state index contributed by atoms with van der Waals surface area (Å²) >= 11 is 0. The Morgan fingerprint density at radius 2 is 2.00 bits per heavy atom. The van der Waals surface area contributed by atoms with E-state index in [1.54, 1.807) is 25.2 Å². The molecule has 23 heavy (non-hydrogen) atoms. The van der Waals surface area contributed by atoms with Crippen LogP contribution in [-0.4, -0.2) is 58.4 Å². The number of amides is 2. The molecule has 2 amide bonds. The van der Waals surface area contributed by atoms with Gasteiger partial charge >= 0.3 is 0 Å². The van der Waals surface area contributed by atoms with E-state index in [0.29, 0.717) is 12.3 Å². The second kappa shape index (κ2) is 7.62. The Balaban J connectivity index is 1.89. The lowest BCUT2D eigenvalue weighted by molar-refractivity contribution is -0.136. The van der Waals surface area contributed by atoms with E-state index in [-0.39, 0.29) is 17.9 Å². The fourth-order valence-corrected chi connectivity index (χ4v) is 3.14. The smallest absolute Gasteiger partial charge is 0.245 e. The van der Waals surface area contributed by atoms with Crippen LogP contribution in [0, 0.1) is 5.92 Å². The second-order valence-electron chi connectivity index (χ2n) is 6.54. The predicted molar refractivity (Wildman–Crippen MR) is 88.9 cm³/mol. The highest BCUT2D eigenvalue weighted by atomic mass is 16.2. The molecule has 2 heterocycles. The van der Waals surface area contributed by atoms with Gasteiger partial charge in [-0.2, -0.15) is 0 Å². The van der Waals surface area contributed by atoms with Gasteiger partial charge in [0, 0.05) is 52.4 Å². The minimum atomic E-state index is -0.215. The van der Waals surface area contributed by atoms with E-state index in [1.165, 1.54) is 0 Å². The maximum absolute atomic E-state index is 12.7. The van der Waals surface area contributed by atoms with Gasteiger partial charge in [0.1, 0.15) is 11.9 Å². The lowest BCUT2D eigenvalue weighted by atomic mass is 9.92. The molecular weight excluding hydrogens is 292 g/mol. The number of hydrogen-bond donors (Lipinski definition) is 0. The molecule has 0 radical (unpaired) electrons. The number of hydrogen-bond acceptors (Lipinski definition) is 3. The number of carbonyl (C=O) groups is 2. The molecule has 1 fully saturated rings. The molecule has 1 saturated heterocycles. The average molecular weight is 320 g/mol. The Hall–Kier alpha value is -1.85. The molecule has 1 aliphatic heterocycles. The molecular formula is C17H28N4O2. The number of carbonyl (C=O) groups excluding carboxylic acids is 2.